The minimum atomic E-state index is 0.00102. The van der Waals surface area contributed by atoms with Crippen LogP contribution in [0.5, 0.6) is 5.75 Å². The summed E-state index contributed by atoms with van der Waals surface area (Å²) >= 11 is 5.90. The molecule has 1 heterocycles. The smallest absolute Gasteiger partial charge is 0.227 e. The number of aliphatic hydroxyl groups is 1. The van der Waals surface area contributed by atoms with Gasteiger partial charge in [0.25, 0.3) is 0 Å². The van der Waals surface area contributed by atoms with Crippen molar-refractivity contribution >= 4 is 17.5 Å². The van der Waals surface area contributed by atoms with Crippen LogP contribution in [0.1, 0.15) is 16.7 Å². The van der Waals surface area contributed by atoms with Gasteiger partial charge in [0.1, 0.15) is 12.4 Å². The Morgan fingerprint density at radius 3 is 2.73 bits per heavy atom. The largest absolute Gasteiger partial charge is 0.491 e. The minimum absolute atomic E-state index is 0.00102. The van der Waals surface area contributed by atoms with Crippen molar-refractivity contribution in [2.45, 2.75) is 19.6 Å². The molecule has 0 saturated heterocycles. The summed E-state index contributed by atoms with van der Waals surface area (Å²) < 4.78 is 11.2. The lowest BCUT2D eigenvalue weighted by molar-refractivity contribution is -0.131. The zero-order valence-electron chi connectivity index (χ0n) is 14.5. The van der Waals surface area contributed by atoms with Crippen LogP contribution in [0.2, 0.25) is 5.02 Å². The molecule has 6 heteroatoms. The first-order valence-electron chi connectivity index (χ1n) is 8.61. The van der Waals surface area contributed by atoms with Crippen LogP contribution in [0.4, 0.5) is 0 Å². The standard InChI is InChI=1S/C20H22ClNO4/c21-18-4-1-15(2-5-18)12-20(24)22-7-9-26-19-6-3-16(11-17(19)13-22)14-25-10-8-23/h1-6,11,23H,7-10,12-14H2. The van der Waals surface area contributed by atoms with Crippen molar-refractivity contribution in [3.05, 3.63) is 64.2 Å². The molecule has 0 aromatic heterocycles. The zero-order valence-corrected chi connectivity index (χ0v) is 15.2. The number of carbonyl (C=O) groups excluding carboxylic acids is 1. The fourth-order valence-electron chi connectivity index (χ4n) is 2.89. The molecule has 0 fully saturated rings. The highest BCUT2D eigenvalue weighted by atomic mass is 35.5. The SMILES string of the molecule is O=C(Cc1ccc(Cl)cc1)N1CCOc2ccc(COCCO)cc2C1. The predicted octanol–water partition coefficient (Wildman–Crippen LogP) is 2.81. The lowest BCUT2D eigenvalue weighted by Gasteiger charge is -2.20. The Balaban J connectivity index is 1.68. The van der Waals surface area contributed by atoms with Gasteiger partial charge in [-0.25, -0.2) is 0 Å². The summed E-state index contributed by atoms with van der Waals surface area (Å²) in [5.74, 6) is 0.864. The van der Waals surface area contributed by atoms with Crippen LogP contribution < -0.4 is 4.74 Å². The van der Waals surface area contributed by atoms with Gasteiger partial charge in [-0.3, -0.25) is 4.79 Å². The first-order chi connectivity index (χ1) is 12.7. The quantitative estimate of drug-likeness (QED) is 0.789. The summed E-state index contributed by atoms with van der Waals surface area (Å²) in [6, 6.07) is 13.2. The zero-order chi connectivity index (χ0) is 18.4. The third-order valence-corrected chi connectivity index (χ3v) is 4.48. The number of benzene rings is 2. The molecular formula is C20H22ClNO4. The second kappa shape index (κ2) is 9.03. The van der Waals surface area contributed by atoms with E-state index in [2.05, 4.69) is 0 Å². The van der Waals surface area contributed by atoms with Crippen molar-refractivity contribution in [1.82, 2.24) is 4.90 Å². The van der Waals surface area contributed by atoms with Gasteiger partial charge >= 0.3 is 0 Å². The molecule has 26 heavy (non-hydrogen) atoms. The van der Waals surface area contributed by atoms with Crippen molar-refractivity contribution in [1.29, 1.82) is 0 Å². The number of ether oxygens (including phenoxy) is 2. The van der Waals surface area contributed by atoms with E-state index in [0.717, 1.165) is 22.4 Å². The predicted molar refractivity (Wildman–Crippen MR) is 99.3 cm³/mol. The fourth-order valence-corrected chi connectivity index (χ4v) is 3.02. The number of carbonyl (C=O) groups is 1. The normalized spacial score (nSPS) is 13.7. The molecule has 3 rings (SSSR count). The number of rotatable bonds is 6. The number of hydrogen-bond acceptors (Lipinski definition) is 4. The number of amides is 1. The Labute approximate surface area is 158 Å². The van der Waals surface area contributed by atoms with Crippen LogP contribution in [-0.2, 0) is 29.1 Å². The molecule has 138 valence electrons. The van der Waals surface area contributed by atoms with Crippen molar-refractivity contribution in [2.24, 2.45) is 0 Å². The summed E-state index contributed by atoms with van der Waals surface area (Å²) in [6.45, 7) is 2.26. The summed E-state index contributed by atoms with van der Waals surface area (Å²) in [5.41, 5.74) is 2.90. The van der Waals surface area contributed by atoms with E-state index >= 15 is 0 Å². The van der Waals surface area contributed by atoms with Gasteiger partial charge in [0.05, 0.1) is 32.8 Å². The number of halogens is 1. The maximum atomic E-state index is 12.7. The van der Waals surface area contributed by atoms with Crippen LogP contribution in [0.25, 0.3) is 0 Å². The van der Waals surface area contributed by atoms with Crippen LogP contribution in [0.3, 0.4) is 0 Å². The Kier molecular flexibility index (Phi) is 6.50. The average molecular weight is 376 g/mol. The van der Waals surface area contributed by atoms with E-state index in [-0.39, 0.29) is 12.5 Å². The molecule has 1 aliphatic heterocycles. The molecule has 0 atom stereocenters. The Hall–Kier alpha value is -2.08. The lowest BCUT2D eigenvalue weighted by atomic mass is 10.1. The minimum Gasteiger partial charge on any atom is -0.491 e. The molecule has 0 unspecified atom stereocenters. The number of nitrogens with zero attached hydrogens (tertiary/aromatic N) is 1. The Morgan fingerprint density at radius 2 is 1.96 bits per heavy atom. The van der Waals surface area contributed by atoms with Gasteiger partial charge in [-0.05, 0) is 35.4 Å². The Morgan fingerprint density at radius 1 is 1.19 bits per heavy atom. The monoisotopic (exact) mass is 375 g/mol. The number of aliphatic hydroxyl groups excluding tert-OH is 1. The molecule has 1 aliphatic rings. The second-order valence-corrected chi connectivity index (χ2v) is 6.62. The van der Waals surface area contributed by atoms with Crippen molar-refractivity contribution in [3.63, 3.8) is 0 Å². The summed E-state index contributed by atoms with van der Waals surface area (Å²) in [6.07, 6.45) is 0.339. The van der Waals surface area contributed by atoms with Gasteiger partial charge in [-0.2, -0.15) is 0 Å². The molecule has 1 N–H and O–H groups in total. The first kappa shape index (κ1) is 18.7. The average Bonchev–Trinajstić information content (AvgIpc) is 2.86. The van der Waals surface area contributed by atoms with E-state index in [4.69, 9.17) is 26.2 Å². The van der Waals surface area contributed by atoms with Gasteiger partial charge in [0, 0.05) is 17.1 Å². The molecule has 0 saturated carbocycles. The van der Waals surface area contributed by atoms with Crippen LogP contribution >= 0.6 is 11.6 Å². The van der Waals surface area contributed by atoms with Gasteiger partial charge in [-0.15, -0.1) is 0 Å². The van der Waals surface area contributed by atoms with E-state index in [9.17, 15) is 4.79 Å². The van der Waals surface area contributed by atoms with Crippen molar-refractivity contribution in [3.8, 4) is 5.75 Å². The maximum Gasteiger partial charge on any atom is 0.227 e. The number of fused-ring (bicyclic) bond motifs is 1. The highest BCUT2D eigenvalue weighted by molar-refractivity contribution is 6.30. The highest BCUT2D eigenvalue weighted by Gasteiger charge is 2.20. The van der Waals surface area contributed by atoms with Gasteiger partial charge < -0.3 is 19.5 Å². The molecular weight excluding hydrogens is 354 g/mol. The summed E-state index contributed by atoms with van der Waals surface area (Å²) in [5, 5.41) is 9.47. The van der Waals surface area contributed by atoms with Crippen LogP contribution in [0, 0.1) is 0 Å². The summed E-state index contributed by atoms with van der Waals surface area (Å²) in [4.78, 5) is 14.5. The number of hydrogen-bond donors (Lipinski definition) is 1. The second-order valence-electron chi connectivity index (χ2n) is 6.19. The molecule has 0 spiro atoms. The molecule has 0 bridgehead atoms. The third kappa shape index (κ3) is 4.97. The van der Waals surface area contributed by atoms with Gasteiger partial charge in [0.2, 0.25) is 5.91 Å². The van der Waals surface area contributed by atoms with E-state index in [0.29, 0.717) is 44.4 Å². The maximum absolute atomic E-state index is 12.7. The van der Waals surface area contributed by atoms with Crippen LogP contribution in [-0.4, -0.2) is 42.3 Å². The first-order valence-corrected chi connectivity index (χ1v) is 8.99. The molecule has 1 amide bonds. The van der Waals surface area contributed by atoms with E-state index in [1.807, 2.05) is 35.2 Å². The third-order valence-electron chi connectivity index (χ3n) is 4.23. The fraction of sp³-hybridized carbons (Fsp3) is 0.350. The van der Waals surface area contributed by atoms with Crippen molar-refractivity contribution in [2.75, 3.05) is 26.4 Å². The van der Waals surface area contributed by atoms with Gasteiger partial charge in [0.15, 0.2) is 0 Å². The molecule has 0 aliphatic carbocycles. The molecule has 0 radical (unpaired) electrons. The topological polar surface area (TPSA) is 59.0 Å². The van der Waals surface area contributed by atoms with Crippen molar-refractivity contribution < 1.29 is 19.4 Å². The van der Waals surface area contributed by atoms with E-state index in [1.54, 1.807) is 12.1 Å². The highest BCUT2D eigenvalue weighted by Crippen LogP contribution is 2.25. The molecule has 2 aromatic carbocycles. The van der Waals surface area contributed by atoms with E-state index < -0.39 is 0 Å². The summed E-state index contributed by atoms with van der Waals surface area (Å²) in [7, 11) is 0. The Bertz CT molecular complexity index is 748. The lowest BCUT2D eigenvalue weighted by Crippen LogP contribution is -2.33. The van der Waals surface area contributed by atoms with Gasteiger partial charge in [-0.1, -0.05) is 29.8 Å². The van der Waals surface area contributed by atoms with Crippen LogP contribution in [0.15, 0.2) is 42.5 Å². The van der Waals surface area contributed by atoms with E-state index in [1.165, 1.54) is 0 Å². The molecule has 2 aromatic rings. The molecule has 5 nitrogen and oxygen atoms in total.